The lowest BCUT2D eigenvalue weighted by Gasteiger charge is -2.17. The molecule has 0 amide bonds. The van der Waals surface area contributed by atoms with Crippen LogP contribution >= 0.6 is 0 Å². The van der Waals surface area contributed by atoms with Crippen LogP contribution in [0.15, 0.2) is 36.9 Å². The molecule has 1 unspecified atom stereocenters. The molecule has 0 spiro atoms. The molecule has 0 saturated carbocycles. The Kier molecular flexibility index (Phi) is 3.65. The van der Waals surface area contributed by atoms with Gasteiger partial charge in [0.2, 0.25) is 0 Å². The van der Waals surface area contributed by atoms with E-state index >= 15 is 0 Å². The molecule has 1 aromatic heterocycles. The smallest absolute Gasteiger partial charge is 0.271 e. The van der Waals surface area contributed by atoms with Crippen molar-refractivity contribution < 1.29 is 4.92 Å². The van der Waals surface area contributed by atoms with Crippen LogP contribution in [-0.4, -0.2) is 20.5 Å². The van der Waals surface area contributed by atoms with E-state index in [1.54, 1.807) is 18.6 Å². The van der Waals surface area contributed by atoms with Crippen molar-refractivity contribution in [3.63, 3.8) is 0 Å². The molecule has 7 nitrogen and oxygen atoms in total. The number of nitrogens with one attached hydrogen (secondary N) is 1. The number of hydrogen-bond acceptors (Lipinski definition) is 5. The minimum Gasteiger partial charge on any atom is -0.397 e. The van der Waals surface area contributed by atoms with Gasteiger partial charge in [0.05, 0.1) is 22.6 Å². The number of aromatic nitrogens is 2. The van der Waals surface area contributed by atoms with Gasteiger partial charge in [0, 0.05) is 37.1 Å². The zero-order chi connectivity index (χ0) is 13.8. The van der Waals surface area contributed by atoms with Gasteiger partial charge in [-0.05, 0) is 13.0 Å². The van der Waals surface area contributed by atoms with Gasteiger partial charge in [-0.15, -0.1) is 0 Å². The first-order valence-electron chi connectivity index (χ1n) is 5.82. The summed E-state index contributed by atoms with van der Waals surface area (Å²) in [7, 11) is 0. The number of imidazole rings is 1. The molecule has 0 fully saturated rings. The van der Waals surface area contributed by atoms with Gasteiger partial charge in [-0.25, -0.2) is 4.98 Å². The molecule has 0 radical (unpaired) electrons. The number of nitrogens with two attached hydrogens (primary N) is 1. The van der Waals surface area contributed by atoms with Crippen molar-refractivity contribution in [2.75, 3.05) is 11.1 Å². The molecule has 1 aromatic carbocycles. The van der Waals surface area contributed by atoms with E-state index in [1.807, 2.05) is 17.7 Å². The Labute approximate surface area is 110 Å². The number of nitro benzene ring substituents is 1. The topological polar surface area (TPSA) is 99.0 Å². The Hall–Kier alpha value is -2.57. The second-order valence-corrected chi connectivity index (χ2v) is 4.33. The number of anilines is 2. The summed E-state index contributed by atoms with van der Waals surface area (Å²) in [5.41, 5.74) is 6.85. The molecule has 1 atom stereocenters. The van der Waals surface area contributed by atoms with Crippen LogP contribution in [0.3, 0.4) is 0 Å². The zero-order valence-electron chi connectivity index (χ0n) is 10.5. The van der Waals surface area contributed by atoms with Gasteiger partial charge in [0.1, 0.15) is 0 Å². The summed E-state index contributed by atoms with van der Waals surface area (Å²) < 4.78 is 1.94. The Balaban J connectivity index is 2.04. The lowest BCUT2D eigenvalue weighted by atomic mass is 10.2. The van der Waals surface area contributed by atoms with Gasteiger partial charge in [-0.2, -0.15) is 0 Å². The van der Waals surface area contributed by atoms with Crippen molar-refractivity contribution in [2.24, 2.45) is 0 Å². The first kappa shape index (κ1) is 12.9. The summed E-state index contributed by atoms with van der Waals surface area (Å²) >= 11 is 0. The predicted molar refractivity (Wildman–Crippen MR) is 72.8 cm³/mol. The standard InChI is InChI=1S/C12H15N5O2/c1-9(7-16-5-4-14-8-16)15-12-3-2-10(17(18)19)6-11(12)13/h2-6,8-9,15H,7,13H2,1H3. The second-order valence-electron chi connectivity index (χ2n) is 4.33. The first-order chi connectivity index (χ1) is 9.06. The average Bonchev–Trinajstić information content (AvgIpc) is 2.84. The summed E-state index contributed by atoms with van der Waals surface area (Å²) in [6.07, 6.45) is 5.32. The average molecular weight is 261 g/mol. The molecule has 0 bridgehead atoms. The largest absolute Gasteiger partial charge is 0.397 e. The highest BCUT2D eigenvalue weighted by molar-refractivity contribution is 5.69. The van der Waals surface area contributed by atoms with E-state index in [1.165, 1.54) is 12.1 Å². The molecule has 7 heteroatoms. The van der Waals surface area contributed by atoms with Gasteiger partial charge in [-0.3, -0.25) is 10.1 Å². The predicted octanol–water partition coefficient (Wildman–Crippen LogP) is 1.87. The third-order valence-corrected chi connectivity index (χ3v) is 2.69. The van der Waals surface area contributed by atoms with Crippen molar-refractivity contribution in [2.45, 2.75) is 19.5 Å². The Morgan fingerprint density at radius 2 is 2.37 bits per heavy atom. The molecule has 3 N–H and O–H groups in total. The fourth-order valence-corrected chi connectivity index (χ4v) is 1.82. The van der Waals surface area contributed by atoms with Crippen molar-refractivity contribution in [1.82, 2.24) is 9.55 Å². The molecule has 0 aliphatic rings. The molecular formula is C12H15N5O2. The van der Waals surface area contributed by atoms with Gasteiger partial charge >= 0.3 is 0 Å². The quantitative estimate of drug-likeness (QED) is 0.486. The Bertz CT molecular complexity index is 568. The number of nitrogen functional groups attached to an aromatic ring is 1. The van der Waals surface area contributed by atoms with Crippen LogP contribution in [0, 0.1) is 10.1 Å². The SMILES string of the molecule is CC(Cn1ccnc1)Nc1ccc([N+](=O)[O-])cc1N. The van der Waals surface area contributed by atoms with Crippen molar-refractivity contribution >= 4 is 17.1 Å². The first-order valence-corrected chi connectivity index (χ1v) is 5.82. The third kappa shape index (κ3) is 3.21. The van der Waals surface area contributed by atoms with E-state index in [-0.39, 0.29) is 11.7 Å². The van der Waals surface area contributed by atoms with Gasteiger partial charge < -0.3 is 15.6 Å². The molecule has 19 heavy (non-hydrogen) atoms. The van der Waals surface area contributed by atoms with E-state index in [0.29, 0.717) is 11.4 Å². The highest BCUT2D eigenvalue weighted by atomic mass is 16.6. The molecule has 2 rings (SSSR count). The highest BCUT2D eigenvalue weighted by Crippen LogP contribution is 2.24. The van der Waals surface area contributed by atoms with Crippen LogP contribution in [0.5, 0.6) is 0 Å². The maximum absolute atomic E-state index is 10.6. The highest BCUT2D eigenvalue weighted by Gasteiger charge is 2.10. The molecule has 2 aromatic rings. The van der Waals surface area contributed by atoms with Gasteiger partial charge in [-0.1, -0.05) is 0 Å². The van der Waals surface area contributed by atoms with Crippen LogP contribution in [-0.2, 0) is 6.54 Å². The van der Waals surface area contributed by atoms with E-state index in [9.17, 15) is 10.1 Å². The van der Waals surface area contributed by atoms with Crippen LogP contribution in [0.4, 0.5) is 17.1 Å². The van der Waals surface area contributed by atoms with Crippen LogP contribution in [0.25, 0.3) is 0 Å². The summed E-state index contributed by atoms with van der Waals surface area (Å²) in [5.74, 6) is 0. The monoisotopic (exact) mass is 261 g/mol. The molecule has 0 aliphatic carbocycles. The second kappa shape index (κ2) is 5.38. The minimum absolute atomic E-state index is 0.00897. The van der Waals surface area contributed by atoms with E-state index < -0.39 is 4.92 Å². The molecular weight excluding hydrogens is 246 g/mol. The summed E-state index contributed by atoms with van der Waals surface area (Å²) in [6, 6.07) is 4.53. The van der Waals surface area contributed by atoms with Gasteiger partial charge in [0.25, 0.3) is 5.69 Å². The Morgan fingerprint density at radius 3 is 2.95 bits per heavy atom. The number of nitro groups is 1. The van der Waals surface area contributed by atoms with Crippen LogP contribution < -0.4 is 11.1 Å². The van der Waals surface area contributed by atoms with E-state index in [0.717, 1.165) is 6.54 Å². The van der Waals surface area contributed by atoms with Crippen molar-refractivity contribution in [1.29, 1.82) is 0 Å². The Morgan fingerprint density at radius 1 is 1.58 bits per heavy atom. The summed E-state index contributed by atoms with van der Waals surface area (Å²) in [6.45, 7) is 2.73. The van der Waals surface area contributed by atoms with Gasteiger partial charge in [0.15, 0.2) is 0 Å². The maximum Gasteiger partial charge on any atom is 0.271 e. The van der Waals surface area contributed by atoms with E-state index in [4.69, 9.17) is 5.73 Å². The number of hydrogen-bond donors (Lipinski definition) is 2. The third-order valence-electron chi connectivity index (χ3n) is 2.69. The van der Waals surface area contributed by atoms with Crippen LogP contribution in [0.2, 0.25) is 0 Å². The fraction of sp³-hybridized carbons (Fsp3) is 0.250. The fourth-order valence-electron chi connectivity index (χ4n) is 1.82. The summed E-state index contributed by atoms with van der Waals surface area (Å²) in [5, 5.41) is 13.8. The van der Waals surface area contributed by atoms with E-state index in [2.05, 4.69) is 10.3 Å². The molecule has 0 aliphatic heterocycles. The van der Waals surface area contributed by atoms with Crippen molar-refractivity contribution in [3.05, 3.63) is 47.0 Å². The normalized spacial score (nSPS) is 12.1. The van der Waals surface area contributed by atoms with Crippen LogP contribution in [0.1, 0.15) is 6.92 Å². The number of nitrogens with zero attached hydrogens (tertiary/aromatic N) is 3. The lowest BCUT2D eigenvalue weighted by molar-refractivity contribution is -0.384. The molecule has 0 saturated heterocycles. The number of rotatable bonds is 5. The molecule has 1 heterocycles. The summed E-state index contributed by atoms with van der Waals surface area (Å²) in [4.78, 5) is 14.1. The van der Waals surface area contributed by atoms with Crippen molar-refractivity contribution in [3.8, 4) is 0 Å². The lowest BCUT2D eigenvalue weighted by Crippen LogP contribution is -2.21. The maximum atomic E-state index is 10.6. The zero-order valence-corrected chi connectivity index (χ0v) is 10.5. The minimum atomic E-state index is -0.463. The molecule has 100 valence electrons. The number of non-ortho nitro benzene ring substituents is 1. The number of benzene rings is 1.